The summed E-state index contributed by atoms with van der Waals surface area (Å²) in [5.41, 5.74) is 2.86. The van der Waals surface area contributed by atoms with Crippen LogP contribution in [0.25, 0.3) is 0 Å². The van der Waals surface area contributed by atoms with Crippen LogP contribution in [0, 0.1) is 0 Å². The molecular formula is C14H20N2O3S. The summed E-state index contributed by atoms with van der Waals surface area (Å²) in [5, 5.41) is 2.80. The summed E-state index contributed by atoms with van der Waals surface area (Å²) in [5.74, 6) is 0.0769. The van der Waals surface area contributed by atoms with E-state index in [9.17, 15) is 13.2 Å². The zero-order valence-corrected chi connectivity index (χ0v) is 12.7. The first kappa shape index (κ1) is 15.0. The van der Waals surface area contributed by atoms with Crippen molar-refractivity contribution in [2.45, 2.75) is 33.2 Å². The highest BCUT2D eigenvalue weighted by atomic mass is 32.2. The van der Waals surface area contributed by atoms with Crippen molar-refractivity contribution < 1.29 is 13.2 Å². The Morgan fingerprint density at radius 1 is 1.30 bits per heavy atom. The Hall–Kier alpha value is -1.40. The second-order valence-corrected chi connectivity index (χ2v) is 7.13. The van der Waals surface area contributed by atoms with Crippen molar-refractivity contribution in [3.8, 4) is 0 Å². The average molecular weight is 296 g/mol. The van der Waals surface area contributed by atoms with Crippen LogP contribution in [0.4, 0.5) is 5.69 Å². The van der Waals surface area contributed by atoms with E-state index >= 15 is 0 Å². The number of fused-ring (bicyclic) bond motifs is 1. The van der Waals surface area contributed by atoms with E-state index in [1.54, 1.807) is 13.8 Å². The van der Waals surface area contributed by atoms with E-state index in [0.29, 0.717) is 19.5 Å². The van der Waals surface area contributed by atoms with Crippen LogP contribution in [0.15, 0.2) is 18.2 Å². The Balaban J connectivity index is 2.22. The maximum absolute atomic E-state index is 11.9. The first-order valence-electron chi connectivity index (χ1n) is 6.85. The van der Waals surface area contributed by atoms with Crippen molar-refractivity contribution >= 4 is 21.6 Å². The van der Waals surface area contributed by atoms with Crippen molar-refractivity contribution in [1.82, 2.24) is 4.31 Å². The van der Waals surface area contributed by atoms with Crippen LogP contribution in [0.5, 0.6) is 0 Å². The number of benzene rings is 1. The van der Waals surface area contributed by atoms with Crippen molar-refractivity contribution in [1.29, 1.82) is 0 Å². The number of carbonyl (C=O) groups excluding carboxylic acids is 1. The van der Waals surface area contributed by atoms with Gasteiger partial charge in [0.1, 0.15) is 0 Å². The van der Waals surface area contributed by atoms with Crippen LogP contribution < -0.4 is 5.32 Å². The average Bonchev–Trinajstić information content (AvgIpc) is 2.46. The predicted molar refractivity (Wildman–Crippen MR) is 78.9 cm³/mol. The Labute approximate surface area is 120 Å². The smallest absolute Gasteiger partial charge is 0.224 e. The van der Waals surface area contributed by atoms with Gasteiger partial charge < -0.3 is 5.32 Å². The molecule has 0 saturated carbocycles. The molecule has 1 heterocycles. The molecule has 1 amide bonds. The molecule has 0 unspecified atom stereocenters. The minimum Gasteiger partial charge on any atom is -0.326 e. The zero-order chi connectivity index (χ0) is 14.8. The molecule has 0 fully saturated rings. The van der Waals surface area contributed by atoms with Gasteiger partial charge in [0.05, 0.1) is 5.75 Å². The summed E-state index contributed by atoms with van der Waals surface area (Å²) in [7, 11) is -3.16. The SMILES string of the molecule is CCC(=O)Nc1ccc2c(c1)CN(S(=O)(=O)CC)CC2. The number of nitrogens with zero attached hydrogens (tertiary/aromatic N) is 1. The molecule has 0 bridgehead atoms. The summed E-state index contributed by atoms with van der Waals surface area (Å²) in [6, 6.07) is 5.72. The van der Waals surface area contributed by atoms with Gasteiger partial charge in [0.15, 0.2) is 0 Å². The number of amides is 1. The normalized spacial score (nSPS) is 15.7. The second kappa shape index (κ2) is 5.93. The molecule has 0 aromatic heterocycles. The topological polar surface area (TPSA) is 66.5 Å². The predicted octanol–water partition coefficient (Wildman–Crippen LogP) is 1.74. The molecule has 0 spiro atoms. The molecule has 5 nitrogen and oxygen atoms in total. The van der Waals surface area contributed by atoms with Crippen molar-refractivity contribution in [3.05, 3.63) is 29.3 Å². The fraction of sp³-hybridized carbons (Fsp3) is 0.500. The van der Waals surface area contributed by atoms with Gasteiger partial charge in [-0.3, -0.25) is 4.79 Å². The highest BCUT2D eigenvalue weighted by Gasteiger charge is 2.25. The molecule has 0 radical (unpaired) electrons. The van der Waals surface area contributed by atoms with E-state index in [4.69, 9.17) is 0 Å². The Kier molecular flexibility index (Phi) is 4.45. The molecule has 1 aliphatic heterocycles. The molecular weight excluding hydrogens is 276 g/mol. The zero-order valence-electron chi connectivity index (χ0n) is 11.8. The van der Waals surface area contributed by atoms with Gasteiger partial charge in [-0.2, -0.15) is 4.31 Å². The molecule has 110 valence electrons. The second-order valence-electron chi connectivity index (χ2n) is 4.87. The molecule has 0 atom stereocenters. The van der Waals surface area contributed by atoms with Crippen molar-refractivity contribution in [2.75, 3.05) is 17.6 Å². The third kappa shape index (κ3) is 3.19. The van der Waals surface area contributed by atoms with E-state index in [1.165, 1.54) is 4.31 Å². The maximum Gasteiger partial charge on any atom is 0.224 e. The van der Waals surface area contributed by atoms with Gasteiger partial charge in [0.25, 0.3) is 0 Å². The molecule has 0 saturated heterocycles. The van der Waals surface area contributed by atoms with Gasteiger partial charge in [-0.25, -0.2) is 8.42 Å². The van der Waals surface area contributed by atoms with Crippen molar-refractivity contribution in [2.24, 2.45) is 0 Å². The highest BCUT2D eigenvalue weighted by Crippen LogP contribution is 2.24. The van der Waals surface area contributed by atoms with E-state index in [0.717, 1.165) is 23.2 Å². The number of rotatable bonds is 4. The molecule has 0 aliphatic carbocycles. The number of carbonyl (C=O) groups is 1. The lowest BCUT2D eigenvalue weighted by Crippen LogP contribution is -2.36. The van der Waals surface area contributed by atoms with Gasteiger partial charge in [-0.1, -0.05) is 13.0 Å². The van der Waals surface area contributed by atoms with Crippen LogP contribution in [-0.4, -0.2) is 30.9 Å². The first-order chi connectivity index (χ1) is 9.46. The fourth-order valence-electron chi connectivity index (χ4n) is 2.28. The van der Waals surface area contributed by atoms with Crippen LogP contribution >= 0.6 is 0 Å². The lowest BCUT2D eigenvalue weighted by molar-refractivity contribution is -0.115. The van der Waals surface area contributed by atoms with E-state index in [2.05, 4.69) is 5.32 Å². The largest absolute Gasteiger partial charge is 0.326 e. The number of sulfonamides is 1. The molecule has 1 aliphatic rings. The van der Waals surface area contributed by atoms with Crippen LogP contribution in [0.3, 0.4) is 0 Å². The standard InChI is InChI=1S/C14H20N2O3S/c1-3-14(17)15-13-6-5-11-7-8-16(10-12(11)9-13)20(18,19)4-2/h5-6,9H,3-4,7-8,10H2,1-2H3,(H,15,17). The number of hydrogen-bond acceptors (Lipinski definition) is 3. The van der Waals surface area contributed by atoms with Crippen LogP contribution in [0.2, 0.25) is 0 Å². The molecule has 1 N–H and O–H groups in total. The van der Waals surface area contributed by atoms with Crippen LogP contribution in [0.1, 0.15) is 31.4 Å². The highest BCUT2D eigenvalue weighted by molar-refractivity contribution is 7.89. The Bertz CT molecular complexity index is 611. The Morgan fingerprint density at radius 3 is 2.70 bits per heavy atom. The van der Waals surface area contributed by atoms with E-state index in [1.807, 2.05) is 18.2 Å². The monoisotopic (exact) mass is 296 g/mol. The third-order valence-electron chi connectivity index (χ3n) is 3.55. The molecule has 20 heavy (non-hydrogen) atoms. The minimum absolute atomic E-state index is 0.0428. The number of nitrogens with one attached hydrogen (secondary N) is 1. The van der Waals surface area contributed by atoms with Crippen molar-refractivity contribution in [3.63, 3.8) is 0 Å². The minimum atomic E-state index is -3.16. The lowest BCUT2D eigenvalue weighted by Gasteiger charge is -2.28. The molecule has 1 aromatic carbocycles. The van der Waals surface area contributed by atoms with Gasteiger partial charge in [0, 0.05) is 25.2 Å². The molecule has 1 aromatic rings. The van der Waals surface area contributed by atoms with Crippen LogP contribution in [-0.2, 0) is 27.8 Å². The third-order valence-corrected chi connectivity index (χ3v) is 5.37. The molecule has 6 heteroatoms. The quantitative estimate of drug-likeness (QED) is 0.920. The van der Waals surface area contributed by atoms with E-state index < -0.39 is 10.0 Å². The summed E-state index contributed by atoms with van der Waals surface area (Å²) in [4.78, 5) is 11.4. The number of anilines is 1. The Morgan fingerprint density at radius 2 is 2.05 bits per heavy atom. The first-order valence-corrected chi connectivity index (χ1v) is 8.46. The fourth-order valence-corrected chi connectivity index (χ4v) is 3.35. The summed E-state index contributed by atoms with van der Waals surface area (Å²) in [6.45, 7) is 4.37. The summed E-state index contributed by atoms with van der Waals surface area (Å²) in [6.07, 6.45) is 1.14. The molecule has 2 rings (SSSR count). The lowest BCUT2D eigenvalue weighted by atomic mass is 10.0. The van der Waals surface area contributed by atoms with Gasteiger partial charge >= 0.3 is 0 Å². The summed E-state index contributed by atoms with van der Waals surface area (Å²) < 4.78 is 25.4. The summed E-state index contributed by atoms with van der Waals surface area (Å²) >= 11 is 0. The van der Waals surface area contributed by atoms with Gasteiger partial charge in [-0.05, 0) is 36.6 Å². The van der Waals surface area contributed by atoms with Gasteiger partial charge in [0.2, 0.25) is 15.9 Å². The number of hydrogen-bond donors (Lipinski definition) is 1. The maximum atomic E-state index is 11.9. The van der Waals surface area contributed by atoms with Gasteiger partial charge in [-0.15, -0.1) is 0 Å². The van der Waals surface area contributed by atoms with E-state index in [-0.39, 0.29) is 11.7 Å².